The Morgan fingerprint density at radius 3 is 2.05 bits per heavy atom. The van der Waals surface area contributed by atoms with Gasteiger partial charge in [-0.3, -0.25) is 13.9 Å². The van der Waals surface area contributed by atoms with Crippen LogP contribution in [-0.4, -0.2) is 59.1 Å². The smallest absolute Gasteiger partial charge is 0.323 e. The molecule has 0 spiro atoms. The maximum Gasteiger partial charge on any atom is 0.323 e. The minimum absolute atomic E-state index is 0.00713. The van der Waals surface area contributed by atoms with E-state index in [1.165, 1.54) is 35.5 Å². The highest BCUT2D eigenvalue weighted by Crippen LogP contribution is 2.45. The number of carbonyl (C=O) groups excluding carboxylic acids is 2. The van der Waals surface area contributed by atoms with Crippen LogP contribution in [0, 0.1) is 0 Å². The van der Waals surface area contributed by atoms with Crippen molar-refractivity contribution in [3.63, 3.8) is 0 Å². The molecule has 0 aliphatic carbocycles. The Morgan fingerprint density at radius 1 is 0.927 bits per heavy atom. The number of benzene rings is 3. The lowest BCUT2D eigenvalue weighted by Crippen LogP contribution is -2.45. The number of hydrogen-bond acceptors (Lipinski definition) is 7. The van der Waals surface area contributed by atoms with Crippen molar-refractivity contribution in [2.24, 2.45) is 0 Å². The number of methoxy groups -OCH3 is 1. The fourth-order valence-electron chi connectivity index (χ4n) is 4.98. The number of sulfonamides is 2. The molecule has 3 aromatic carbocycles. The molecule has 4 rings (SSSR count). The number of anilines is 1. The van der Waals surface area contributed by atoms with Gasteiger partial charge in [-0.25, -0.2) is 16.8 Å². The molecule has 0 N–H and O–H groups in total. The van der Waals surface area contributed by atoms with E-state index in [4.69, 9.17) is 4.74 Å². The van der Waals surface area contributed by atoms with Crippen LogP contribution in [-0.2, 0) is 39.8 Å². The van der Waals surface area contributed by atoms with Crippen LogP contribution in [0.1, 0.15) is 25.8 Å². The van der Waals surface area contributed by atoms with Crippen LogP contribution in [0.4, 0.5) is 5.69 Å². The molecular formula is C30H32N2O7S2. The fourth-order valence-corrected chi connectivity index (χ4v) is 8.20. The quantitative estimate of drug-likeness (QED) is 0.243. The van der Waals surface area contributed by atoms with E-state index in [1.807, 2.05) is 0 Å². The molecule has 0 radical (unpaired) electrons. The molecule has 3 aromatic rings. The van der Waals surface area contributed by atoms with E-state index in [0.717, 1.165) is 11.4 Å². The number of esters is 1. The second-order valence-electron chi connectivity index (χ2n) is 10.2. The van der Waals surface area contributed by atoms with Crippen molar-refractivity contribution in [1.82, 2.24) is 4.31 Å². The molecule has 2 atom stereocenters. The number of ketones is 1. The normalized spacial score (nSPS) is 17.6. The van der Waals surface area contributed by atoms with Gasteiger partial charge in [0.15, 0.2) is 5.78 Å². The first-order chi connectivity index (χ1) is 19.3. The van der Waals surface area contributed by atoms with E-state index >= 15 is 0 Å². The molecule has 0 saturated heterocycles. The Balaban J connectivity index is 1.62. The molecule has 11 heteroatoms. The van der Waals surface area contributed by atoms with E-state index < -0.39 is 49.8 Å². The average Bonchev–Trinajstić information content (AvgIpc) is 3.28. The average molecular weight is 597 g/mol. The largest absolute Gasteiger partial charge is 0.468 e. The summed E-state index contributed by atoms with van der Waals surface area (Å²) in [5.74, 6) is -1.24. The lowest BCUT2D eigenvalue weighted by molar-refractivity contribution is -0.144. The van der Waals surface area contributed by atoms with E-state index in [9.17, 15) is 26.4 Å². The molecule has 0 amide bonds. The third kappa shape index (κ3) is 5.83. The highest BCUT2D eigenvalue weighted by atomic mass is 32.2. The van der Waals surface area contributed by atoms with Gasteiger partial charge < -0.3 is 4.74 Å². The fraction of sp³-hybridized carbons (Fsp3) is 0.267. The summed E-state index contributed by atoms with van der Waals surface area (Å²) < 4.78 is 61.1. The molecule has 9 nitrogen and oxygen atoms in total. The number of carbonyl (C=O) groups is 2. The summed E-state index contributed by atoms with van der Waals surface area (Å²) in [5, 5.41) is 0. The highest BCUT2D eigenvalue weighted by Gasteiger charge is 2.45. The van der Waals surface area contributed by atoms with Gasteiger partial charge in [-0.05, 0) is 42.8 Å². The summed E-state index contributed by atoms with van der Waals surface area (Å²) in [6.45, 7) is 6.61. The van der Waals surface area contributed by atoms with Gasteiger partial charge >= 0.3 is 5.97 Å². The van der Waals surface area contributed by atoms with Crippen molar-refractivity contribution in [2.75, 3.05) is 24.5 Å². The molecule has 0 aromatic heterocycles. The molecule has 41 heavy (non-hydrogen) atoms. The van der Waals surface area contributed by atoms with Crippen LogP contribution in [0.5, 0.6) is 0 Å². The summed E-state index contributed by atoms with van der Waals surface area (Å²) >= 11 is 0. The molecule has 0 fully saturated rings. The zero-order valence-electron chi connectivity index (χ0n) is 23.1. The number of para-hydroxylation sites is 1. The molecule has 1 unspecified atom stereocenters. The molecule has 1 aliphatic rings. The Morgan fingerprint density at radius 2 is 1.46 bits per heavy atom. The first-order valence-corrected chi connectivity index (χ1v) is 15.7. The molecule has 0 saturated carbocycles. The summed E-state index contributed by atoms with van der Waals surface area (Å²) in [4.78, 5) is 26.1. The lowest BCUT2D eigenvalue weighted by Gasteiger charge is -2.29. The number of Topliss-reactive ketones (excluding diaryl/α,β-unsaturated/α-hetero) is 1. The van der Waals surface area contributed by atoms with E-state index in [-0.39, 0.29) is 28.3 Å². The summed E-state index contributed by atoms with van der Waals surface area (Å²) in [7, 11) is -6.96. The minimum Gasteiger partial charge on any atom is -0.468 e. The third-order valence-corrected chi connectivity index (χ3v) is 11.0. The van der Waals surface area contributed by atoms with Gasteiger partial charge in [0.05, 0.1) is 22.6 Å². The van der Waals surface area contributed by atoms with Crippen LogP contribution in [0.3, 0.4) is 0 Å². The van der Waals surface area contributed by atoms with E-state index in [1.54, 1.807) is 67.6 Å². The van der Waals surface area contributed by atoms with Gasteiger partial charge in [-0.2, -0.15) is 4.31 Å². The second kappa shape index (κ2) is 11.6. The van der Waals surface area contributed by atoms with E-state index in [2.05, 4.69) is 6.58 Å². The molecular weight excluding hydrogens is 564 g/mol. The maximum atomic E-state index is 13.6. The highest BCUT2D eigenvalue weighted by molar-refractivity contribution is 7.92. The van der Waals surface area contributed by atoms with Gasteiger partial charge in [-0.15, -0.1) is 0 Å². The Bertz CT molecular complexity index is 1670. The molecule has 216 valence electrons. The maximum absolute atomic E-state index is 13.6. The minimum atomic E-state index is -4.20. The number of nitrogens with zero attached hydrogens (tertiary/aromatic N) is 2. The van der Waals surface area contributed by atoms with Crippen molar-refractivity contribution in [3.8, 4) is 0 Å². The predicted molar refractivity (Wildman–Crippen MR) is 155 cm³/mol. The summed E-state index contributed by atoms with van der Waals surface area (Å²) in [6, 6.07) is 21.4. The van der Waals surface area contributed by atoms with Crippen LogP contribution in [0.2, 0.25) is 0 Å². The summed E-state index contributed by atoms with van der Waals surface area (Å²) in [5.41, 5.74) is 0.195. The third-order valence-electron chi connectivity index (χ3n) is 7.26. The zero-order chi connectivity index (χ0) is 30.0. The van der Waals surface area contributed by atoms with Gasteiger partial charge in [0.1, 0.15) is 6.04 Å². The first-order valence-electron chi connectivity index (χ1n) is 12.9. The number of hydrogen-bond donors (Lipinski definition) is 0. The Hall–Kier alpha value is -3.80. The van der Waals surface area contributed by atoms with Crippen molar-refractivity contribution in [2.45, 2.75) is 41.5 Å². The molecule has 0 bridgehead atoms. The predicted octanol–water partition coefficient (Wildman–Crippen LogP) is 3.92. The number of fused-ring (bicyclic) bond motifs is 1. The van der Waals surface area contributed by atoms with Gasteiger partial charge in [0, 0.05) is 30.5 Å². The van der Waals surface area contributed by atoms with Crippen molar-refractivity contribution >= 4 is 37.5 Å². The standard InChI is InChI=1S/C30H32N2O7S2/c1-22(20-31(23(2)29(34)39-4)40(35,36)24-13-7-5-8-14-24)28(33)19-30(3)21-32(27-18-12-11-17-26(27)30)41(37,38)25-15-9-6-10-16-25/h5-18,23H,1,19-21H2,2-4H3/t23-,30?/m0/s1. The number of ether oxygens (including phenoxy) is 1. The Kier molecular flexibility index (Phi) is 8.53. The van der Waals surface area contributed by atoms with Crippen LogP contribution in [0.25, 0.3) is 0 Å². The monoisotopic (exact) mass is 596 g/mol. The summed E-state index contributed by atoms with van der Waals surface area (Å²) in [6.07, 6.45) is -0.129. The lowest BCUT2D eigenvalue weighted by atomic mass is 9.79. The topological polar surface area (TPSA) is 118 Å². The van der Waals surface area contributed by atoms with Crippen molar-refractivity contribution in [1.29, 1.82) is 0 Å². The van der Waals surface area contributed by atoms with Crippen molar-refractivity contribution in [3.05, 3.63) is 103 Å². The Labute approximate surface area is 241 Å². The van der Waals surface area contributed by atoms with Crippen LogP contribution >= 0.6 is 0 Å². The van der Waals surface area contributed by atoms with Gasteiger partial charge in [0.25, 0.3) is 10.0 Å². The number of rotatable bonds is 11. The van der Waals surface area contributed by atoms with Gasteiger partial charge in [-0.1, -0.05) is 68.1 Å². The van der Waals surface area contributed by atoms with Crippen molar-refractivity contribution < 1.29 is 31.2 Å². The molecule has 1 aliphatic heterocycles. The second-order valence-corrected chi connectivity index (χ2v) is 13.9. The van der Waals surface area contributed by atoms with Gasteiger partial charge in [0.2, 0.25) is 10.0 Å². The molecule has 1 heterocycles. The van der Waals surface area contributed by atoms with Crippen LogP contribution in [0.15, 0.2) is 107 Å². The first kappa shape index (κ1) is 30.2. The zero-order valence-corrected chi connectivity index (χ0v) is 24.7. The SMILES string of the molecule is C=C(CN([C@@H](C)C(=O)OC)S(=O)(=O)c1ccccc1)C(=O)CC1(C)CN(S(=O)(=O)c2ccccc2)c2ccccc21. The van der Waals surface area contributed by atoms with E-state index in [0.29, 0.717) is 11.3 Å². The van der Waals surface area contributed by atoms with Crippen LogP contribution < -0.4 is 4.31 Å².